The van der Waals surface area contributed by atoms with Crippen LogP contribution in [0.4, 0.5) is 9.52 Å². The second kappa shape index (κ2) is 7.16. The average Bonchev–Trinajstić information content (AvgIpc) is 2.94. The summed E-state index contributed by atoms with van der Waals surface area (Å²) >= 11 is 8.65. The summed E-state index contributed by atoms with van der Waals surface area (Å²) < 4.78 is 13.7. The Morgan fingerprint density at radius 2 is 2.04 bits per heavy atom. The molecular weight excluding hydrogens is 357 g/mol. The van der Waals surface area contributed by atoms with Crippen LogP contribution in [-0.4, -0.2) is 16.6 Å². The summed E-state index contributed by atoms with van der Waals surface area (Å²) in [5, 5.41) is 1.23. The van der Waals surface area contributed by atoms with E-state index in [1.54, 1.807) is 18.2 Å². The van der Waals surface area contributed by atoms with Crippen LogP contribution in [-0.2, 0) is 4.79 Å². The van der Waals surface area contributed by atoms with Crippen LogP contribution in [0.15, 0.2) is 47.4 Å². The molecule has 118 valence electrons. The molecule has 2 N–H and O–H groups in total. The van der Waals surface area contributed by atoms with E-state index in [0.717, 1.165) is 15.1 Å². The van der Waals surface area contributed by atoms with Crippen molar-refractivity contribution in [2.45, 2.75) is 4.90 Å². The minimum absolute atomic E-state index is 0.198. The molecule has 0 radical (unpaired) electrons. The van der Waals surface area contributed by atoms with Gasteiger partial charge in [-0.05, 0) is 42.5 Å². The summed E-state index contributed by atoms with van der Waals surface area (Å²) in [4.78, 5) is 17.0. The first-order valence-corrected chi connectivity index (χ1v) is 8.77. The van der Waals surface area contributed by atoms with Gasteiger partial charge in [0.15, 0.2) is 0 Å². The highest BCUT2D eigenvalue weighted by Crippen LogP contribution is 2.27. The highest BCUT2D eigenvalue weighted by Gasteiger charge is 2.06. The second-order valence-electron chi connectivity index (χ2n) is 4.55. The number of aromatic nitrogens is 1. The number of nitrogens with zero attached hydrogens (tertiary/aromatic N) is 1. The molecule has 0 atom stereocenters. The number of halogens is 2. The van der Waals surface area contributed by atoms with E-state index in [4.69, 9.17) is 11.6 Å². The fraction of sp³-hybridized carbons (Fsp3) is 0.0667. The molecule has 0 saturated heterocycles. The Morgan fingerprint density at radius 1 is 1.26 bits per heavy atom. The Morgan fingerprint density at radius 3 is 2.83 bits per heavy atom. The molecule has 8 heteroatoms. The normalized spacial score (nSPS) is 10.7. The lowest BCUT2D eigenvalue weighted by molar-refractivity contribution is -0.118. The molecule has 1 heterocycles. The van der Waals surface area contributed by atoms with Gasteiger partial charge in [0.25, 0.3) is 0 Å². The Kier molecular flexibility index (Phi) is 5.00. The zero-order chi connectivity index (χ0) is 16.2. The van der Waals surface area contributed by atoms with Crippen LogP contribution in [0.1, 0.15) is 0 Å². The minimum atomic E-state index is -0.295. The van der Waals surface area contributed by atoms with Crippen molar-refractivity contribution < 1.29 is 9.18 Å². The van der Waals surface area contributed by atoms with Crippen molar-refractivity contribution in [3.05, 3.63) is 53.3 Å². The predicted octanol–water partition coefficient (Wildman–Crippen LogP) is 4.32. The highest BCUT2D eigenvalue weighted by atomic mass is 35.5. The van der Waals surface area contributed by atoms with Gasteiger partial charge in [0, 0.05) is 9.92 Å². The molecule has 1 aromatic heterocycles. The summed E-state index contributed by atoms with van der Waals surface area (Å²) in [5.74, 6) is -0.275. The third-order valence-corrected chi connectivity index (χ3v) is 5.02. The van der Waals surface area contributed by atoms with Gasteiger partial charge in [-0.3, -0.25) is 15.6 Å². The third kappa shape index (κ3) is 4.34. The zero-order valence-electron chi connectivity index (χ0n) is 11.7. The highest BCUT2D eigenvalue weighted by molar-refractivity contribution is 8.00. The number of rotatable bonds is 5. The molecule has 4 nitrogen and oxygen atoms in total. The molecule has 0 unspecified atom stereocenters. The van der Waals surface area contributed by atoms with Crippen molar-refractivity contribution in [3.63, 3.8) is 0 Å². The Bertz CT molecular complexity index is 838. The van der Waals surface area contributed by atoms with Crippen molar-refractivity contribution in [1.29, 1.82) is 0 Å². The van der Waals surface area contributed by atoms with Crippen molar-refractivity contribution in [1.82, 2.24) is 10.4 Å². The van der Waals surface area contributed by atoms with Gasteiger partial charge in [0.05, 0.1) is 16.0 Å². The molecular formula is C15H11ClFN3OS2. The molecule has 0 bridgehead atoms. The van der Waals surface area contributed by atoms with Crippen LogP contribution in [0.25, 0.3) is 10.2 Å². The number of carbonyl (C=O) groups is 1. The molecule has 0 spiro atoms. The van der Waals surface area contributed by atoms with Crippen LogP contribution in [0.2, 0.25) is 5.02 Å². The van der Waals surface area contributed by atoms with Gasteiger partial charge in [-0.25, -0.2) is 9.37 Å². The van der Waals surface area contributed by atoms with E-state index in [2.05, 4.69) is 15.8 Å². The number of thioether (sulfide) groups is 1. The molecule has 0 fully saturated rings. The average molecular weight is 368 g/mol. The summed E-state index contributed by atoms with van der Waals surface area (Å²) in [6.45, 7) is 0. The SMILES string of the molecule is O=C(CSc1ccc(F)cc1)NNc1nc2ccc(Cl)cc2s1. The molecule has 2 aromatic carbocycles. The van der Waals surface area contributed by atoms with Gasteiger partial charge in [-0.2, -0.15) is 0 Å². The quantitative estimate of drug-likeness (QED) is 0.520. The van der Waals surface area contributed by atoms with Crippen LogP contribution in [0, 0.1) is 5.82 Å². The first-order valence-electron chi connectivity index (χ1n) is 6.59. The fourth-order valence-electron chi connectivity index (χ4n) is 1.79. The van der Waals surface area contributed by atoms with Crippen molar-refractivity contribution >= 4 is 56.0 Å². The van der Waals surface area contributed by atoms with Crippen molar-refractivity contribution in [2.75, 3.05) is 11.2 Å². The van der Waals surface area contributed by atoms with E-state index in [-0.39, 0.29) is 17.5 Å². The number of hydrogen-bond acceptors (Lipinski definition) is 5. The second-order valence-corrected chi connectivity index (χ2v) is 7.06. The minimum Gasteiger partial charge on any atom is -0.273 e. The van der Waals surface area contributed by atoms with Crippen LogP contribution < -0.4 is 10.9 Å². The maximum Gasteiger partial charge on any atom is 0.248 e. The number of benzene rings is 2. The number of hydrazine groups is 1. The first-order chi connectivity index (χ1) is 11.1. The van der Waals surface area contributed by atoms with E-state index in [1.807, 2.05) is 12.1 Å². The van der Waals surface area contributed by atoms with E-state index in [0.29, 0.717) is 10.2 Å². The maximum atomic E-state index is 12.8. The van der Waals surface area contributed by atoms with Crippen LogP contribution in [0.5, 0.6) is 0 Å². The Labute approximate surface area is 145 Å². The van der Waals surface area contributed by atoms with Gasteiger partial charge < -0.3 is 0 Å². The summed E-state index contributed by atoms with van der Waals surface area (Å²) in [6.07, 6.45) is 0. The Hall–Kier alpha value is -1.83. The van der Waals surface area contributed by atoms with Gasteiger partial charge in [-0.15, -0.1) is 11.8 Å². The number of amides is 1. The van der Waals surface area contributed by atoms with Crippen LogP contribution in [0.3, 0.4) is 0 Å². The predicted molar refractivity (Wildman–Crippen MR) is 93.5 cm³/mol. The van der Waals surface area contributed by atoms with Crippen molar-refractivity contribution in [2.24, 2.45) is 0 Å². The van der Waals surface area contributed by atoms with Gasteiger partial charge in [0.2, 0.25) is 11.0 Å². The molecule has 0 aliphatic carbocycles. The zero-order valence-corrected chi connectivity index (χ0v) is 14.1. The fourth-order valence-corrected chi connectivity index (χ4v) is 3.58. The Balaban J connectivity index is 1.52. The molecule has 0 aliphatic rings. The summed E-state index contributed by atoms with van der Waals surface area (Å²) in [6, 6.07) is 11.4. The lowest BCUT2D eigenvalue weighted by Crippen LogP contribution is -2.30. The summed E-state index contributed by atoms with van der Waals surface area (Å²) in [7, 11) is 0. The first kappa shape index (κ1) is 16.0. The number of hydrogen-bond donors (Lipinski definition) is 2. The maximum absolute atomic E-state index is 12.8. The molecule has 23 heavy (non-hydrogen) atoms. The van der Waals surface area contributed by atoms with Crippen LogP contribution >= 0.6 is 34.7 Å². The molecule has 0 saturated carbocycles. The topological polar surface area (TPSA) is 54.0 Å². The number of carbonyl (C=O) groups excluding carboxylic acids is 1. The summed E-state index contributed by atoms with van der Waals surface area (Å²) in [5.41, 5.74) is 6.19. The van der Waals surface area contributed by atoms with E-state index >= 15 is 0 Å². The molecule has 0 aliphatic heterocycles. The molecule has 3 rings (SSSR count). The number of nitrogens with one attached hydrogen (secondary N) is 2. The third-order valence-electron chi connectivity index (χ3n) is 2.84. The lowest BCUT2D eigenvalue weighted by atomic mass is 10.3. The smallest absolute Gasteiger partial charge is 0.248 e. The lowest BCUT2D eigenvalue weighted by Gasteiger charge is -2.05. The number of fused-ring (bicyclic) bond motifs is 1. The standard InChI is InChI=1S/C15H11ClFN3OS2/c16-9-1-6-12-13(7-9)23-15(18-12)20-19-14(21)8-22-11-4-2-10(17)3-5-11/h1-7H,8H2,(H,18,20)(H,19,21). The van der Waals surface area contributed by atoms with E-state index in [1.165, 1.54) is 35.2 Å². The van der Waals surface area contributed by atoms with Gasteiger partial charge in [-0.1, -0.05) is 22.9 Å². The van der Waals surface area contributed by atoms with Gasteiger partial charge >= 0.3 is 0 Å². The monoisotopic (exact) mass is 367 g/mol. The number of anilines is 1. The van der Waals surface area contributed by atoms with E-state index in [9.17, 15) is 9.18 Å². The molecule has 1 amide bonds. The van der Waals surface area contributed by atoms with Gasteiger partial charge in [0.1, 0.15) is 5.82 Å². The van der Waals surface area contributed by atoms with E-state index < -0.39 is 0 Å². The molecule has 3 aromatic rings. The number of thiazole rings is 1. The largest absolute Gasteiger partial charge is 0.273 e. The van der Waals surface area contributed by atoms with Crippen molar-refractivity contribution in [3.8, 4) is 0 Å².